The molecule has 3 N–H and O–H groups in total. The van der Waals surface area contributed by atoms with E-state index in [1.54, 1.807) is 21.3 Å². The highest BCUT2D eigenvalue weighted by Gasteiger charge is 2.25. The van der Waals surface area contributed by atoms with Crippen LogP contribution in [0.4, 0.5) is 0 Å². The smallest absolute Gasteiger partial charge is 0.177 e. The molecule has 1 atom stereocenters. The number of ether oxygens (including phenoxy) is 3. The number of aryl methyl sites for hydroxylation is 1. The van der Waals surface area contributed by atoms with Gasteiger partial charge in [-0.1, -0.05) is 12.1 Å². The minimum absolute atomic E-state index is 0.297. The van der Waals surface area contributed by atoms with Crippen molar-refractivity contribution in [3.63, 3.8) is 0 Å². The van der Waals surface area contributed by atoms with Crippen molar-refractivity contribution in [3.05, 3.63) is 28.8 Å². The second kappa shape index (κ2) is 6.70. The molecule has 102 valence electrons. The summed E-state index contributed by atoms with van der Waals surface area (Å²) in [6.45, 7) is 4.05. The number of benzene rings is 1. The summed E-state index contributed by atoms with van der Waals surface area (Å²) >= 11 is 0. The summed E-state index contributed by atoms with van der Waals surface area (Å²) in [4.78, 5) is 0. The van der Waals surface area contributed by atoms with Crippen molar-refractivity contribution in [3.8, 4) is 5.75 Å². The quantitative estimate of drug-likeness (QED) is 0.457. The van der Waals surface area contributed by atoms with Gasteiger partial charge in [0.2, 0.25) is 0 Å². The lowest BCUT2D eigenvalue weighted by Gasteiger charge is -2.26. The van der Waals surface area contributed by atoms with Crippen molar-refractivity contribution in [2.75, 3.05) is 21.3 Å². The van der Waals surface area contributed by atoms with Crippen LogP contribution in [0.5, 0.6) is 5.75 Å². The van der Waals surface area contributed by atoms with E-state index in [2.05, 4.69) is 5.43 Å². The lowest BCUT2D eigenvalue weighted by atomic mass is 9.99. The summed E-state index contributed by atoms with van der Waals surface area (Å²) in [5.41, 5.74) is 5.87. The van der Waals surface area contributed by atoms with Gasteiger partial charge in [-0.15, -0.1) is 0 Å². The summed E-state index contributed by atoms with van der Waals surface area (Å²) in [5.74, 6) is 6.41. The molecule has 0 aliphatic carbocycles. The molecule has 0 saturated carbocycles. The molecule has 0 aliphatic rings. The molecule has 1 unspecified atom stereocenters. The average Bonchev–Trinajstić information content (AvgIpc) is 2.39. The van der Waals surface area contributed by atoms with E-state index < -0.39 is 6.29 Å². The Morgan fingerprint density at radius 1 is 1.11 bits per heavy atom. The van der Waals surface area contributed by atoms with Crippen molar-refractivity contribution in [1.82, 2.24) is 5.43 Å². The van der Waals surface area contributed by atoms with Crippen molar-refractivity contribution in [1.29, 1.82) is 0 Å². The molecule has 0 spiro atoms. The number of hydrogen-bond acceptors (Lipinski definition) is 5. The Labute approximate surface area is 108 Å². The van der Waals surface area contributed by atoms with Gasteiger partial charge in [0.15, 0.2) is 6.29 Å². The van der Waals surface area contributed by atoms with Gasteiger partial charge in [0.1, 0.15) is 11.8 Å². The molecule has 5 heteroatoms. The molecule has 0 aliphatic heterocycles. The molecule has 0 aromatic heterocycles. The summed E-state index contributed by atoms with van der Waals surface area (Å²) < 4.78 is 16.0. The van der Waals surface area contributed by atoms with Gasteiger partial charge in [0.05, 0.1) is 7.11 Å². The Kier molecular flexibility index (Phi) is 5.55. The Morgan fingerprint density at radius 3 is 2.17 bits per heavy atom. The van der Waals surface area contributed by atoms with Gasteiger partial charge >= 0.3 is 0 Å². The number of rotatable bonds is 6. The summed E-state index contributed by atoms with van der Waals surface area (Å²) in [6, 6.07) is 3.70. The van der Waals surface area contributed by atoms with Crippen LogP contribution in [0.15, 0.2) is 12.1 Å². The molecule has 0 radical (unpaired) electrons. The molecule has 0 fully saturated rings. The second-order valence-electron chi connectivity index (χ2n) is 4.11. The van der Waals surface area contributed by atoms with Gasteiger partial charge in [0, 0.05) is 19.8 Å². The molecule has 0 heterocycles. The second-order valence-corrected chi connectivity index (χ2v) is 4.11. The number of hydrazine groups is 1. The van der Waals surface area contributed by atoms with Crippen LogP contribution in [0.25, 0.3) is 0 Å². The van der Waals surface area contributed by atoms with Crippen LogP contribution >= 0.6 is 0 Å². The van der Waals surface area contributed by atoms with Crippen LogP contribution < -0.4 is 16.0 Å². The SMILES string of the molecule is COc1c(C(NN)C(OC)OC)ccc(C)c1C. The molecule has 0 amide bonds. The number of nitrogens with two attached hydrogens (primary N) is 1. The number of hydrogen-bond donors (Lipinski definition) is 2. The minimum atomic E-state index is -0.481. The van der Waals surface area contributed by atoms with E-state index in [9.17, 15) is 0 Å². The average molecular weight is 254 g/mol. The maximum atomic E-state index is 5.60. The van der Waals surface area contributed by atoms with E-state index >= 15 is 0 Å². The van der Waals surface area contributed by atoms with Crippen LogP contribution in [0.2, 0.25) is 0 Å². The van der Waals surface area contributed by atoms with Crippen molar-refractivity contribution >= 4 is 0 Å². The van der Waals surface area contributed by atoms with Crippen molar-refractivity contribution in [2.45, 2.75) is 26.2 Å². The lowest BCUT2D eigenvalue weighted by Crippen LogP contribution is -2.38. The lowest BCUT2D eigenvalue weighted by molar-refractivity contribution is -0.124. The van der Waals surface area contributed by atoms with Crippen molar-refractivity contribution < 1.29 is 14.2 Å². The molecule has 1 aromatic carbocycles. The first-order valence-corrected chi connectivity index (χ1v) is 5.76. The largest absolute Gasteiger partial charge is 0.496 e. The molecular weight excluding hydrogens is 232 g/mol. The van der Waals surface area contributed by atoms with Crippen LogP contribution in [0, 0.1) is 13.8 Å². The van der Waals surface area contributed by atoms with Gasteiger partial charge in [-0.05, 0) is 25.0 Å². The van der Waals surface area contributed by atoms with Gasteiger partial charge in [-0.3, -0.25) is 5.84 Å². The van der Waals surface area contributed by atoms with Gasteiger partial charge in [-0.2, -0.15) is 0 Å². The van der Waals surface area contributed by atoms with E-state index in [0.29, 0.717) is 0 Å². The summed E-state index contributed by atoms with van der Waals surface area (Å²) in [7, 11) is 4.80. The molecule has 18 heavy (non-hydrogen) atoms. The molecule has 1 rings (SSSR count). The molecule has 0 saturated heterocycles. The van der Waals surface area contributed by atoms with Gasteiger partial charge in [0.25, 0.3) is 0 Å². The molecular formula is C13H22N2O3. The normalized spacial score (nSPS) is 12.8. The first-order chi connectivity index (χ1) is 8.60. The van der Waals surface area contributed by atoms with E-state index in [4.69, 9.17) is 20.1 Å². The third-order valence-corrected chi connectivity index (χ3v) is 3.16. The highest BCUT2D eigenvalue weighted by atomic mass is 16.7. The fourth-order valence-corrected chi connectivity index (χ4v) is 2.01. The van der Waals surface area contributed by atoms with E-state index in [1.807, 2.05) is 26.0 Å². The predicted octanol–water partition coefficient (Wildman–Crippen LogP) is 1.44. The Morgan fingerprint density at radius 2 is 1.72 bits per heavy atom. The molecule has 5 nitrogen and oxygen atoms in total. The minimum Gasteiger partial charge on any atom is -0.496 e. The zero-order chi connectivity index (χ0) is 13.7. The standard InChI is InChI=1S/C13H22N2O3/c1-8-6-7-10(12(16-3)9(8)2)11(15-14)13(17-4)18-5/h6-7,11,13,15H,14H2,1-5H3. The fraction of sp³-hybridized carbons (Fsp3) is 0.538. The van der Waals surface area contributed by atoms with Crippen LogP contribution in [0.3, 0.4) is 0 Å². The van der Waals surface area contributed by atoms with Gasteiger partial charge in [-0.25, -0.2) is 5.43 Å². The number of nitrogens with one attached hydrogen (secondary N) is 1. The van der Waals surface area contributed by atoms with E-state index in [0.717, 1.165) is 22.4 Å². The zero-order valence-electron chi connectivity index (χ0n) is 11.6. The van der Waals surface area contributed by atoms with Crippen molar-refractivity contribution in [2.24, 2.45) is 5.84 Å². The van der Waals surface area contributed by atoms with E-state index in [1.165, 1.54) is 0 Å². The maximum Gasteiger partial charge on any atom is 0.177 e. The Bertz CT molecular complexity index is 392. The number of methoxy groups -OCH3 is 3. The maximum absolute atomic E-state index is 5.60. The van der Waals surface area contributed by atoms with Gasteiger partial charge < -0.3 is 14.2 Å². The molecule has 1 aromatic rings. The van der Waals surface area contributed by atoms with Crippen LogP contribution in [0.1, 0.15) is 22.7 Å². The van der Waals surface area contributed by atoms with E-state index in [-0.39, 0.29) is 6.04 Å². The third kappa shape index (κ3) is 2.81. The highest BCUT2D eigenvalue weighted by Crippen LogP contribution is 2.32. The first kappa shape index (κ1) is 14.9. The highest BCUT2D eigenvalue weighted by molar-refractivity contribution is 5.47. The summed E-state index contributed by atoms with van der Waals surface area (Å²) in [5, 5.41) is 0. The predicted molar refractivity (Wildman–Crippen MR) is 70.3 cm³/mol. The zero-order valence-corrected chi connectivity index (χ0v) is 11.6. The summed E-state index contributed by atoms with van der Waals surface area (Å²) in [6.07, 6.45) is -0.481. The Hall–Kier alpha value is -1.14. The third-order valence-electron chi connectivity index (χ3n) is 3.16. The monoisotopic (exact) mass is 254 g/mol. The first-order valence-electron chi connectivity index (χ1n) is 5.76. The van der Waals surface area contributed by atoms with Crippen LogP contribution in [-0.4, -0.2) is 27.6 Å². The fourth-order valence-electron chi connectivity index (χ4n) is 2.01. The Balaban J connectivity index is 3.25. The topological polar surface area (TPSA) is 65.7 Å². The molecule has 0 bridgehead atoms. The van der Waals surface area contributed by atoms with Crippen LogP contribution in [-0.2, 0) is 9.47 Å².